The van der Waals surface area contributed by atoms with Crippen molar-refractivity contribution >= 4 is 0 Å². The Morgan fingerprint density at radius 1 is 1.56 bits per heavy atom. The topological polar surface area (TPSA) is 66.5 Å². The standard InChI is InChI=1S/C6H15NO2/c1-2-3-5(7)6(9)4-8/h5-6,8-9H,2-4,7H2,1H3/t5-,6+/m1/s1. The van der Waals surface area contributed by atoms with E-state index in [-0.39, 0.29) is 12.6 Å². The summed E-state index contributed by atoms with van der Waals surface area (Å²) in [5.41, 5.74) is 5.43. The number of rotatable bonds is 4. The van der Waals surface area contributed by atoms with Crippen LogP contribution in [0.15, 0.2) is 0 Å². The first-order valence-corrected chi connectivity index (χ1v) is 3.26. The van der Waals surface area contributed by atoms with Gasteiger partial charge in [-0.25, -0.2) is 0 Å². The summed E-state index contributed by atoms with van der Waals surface area (Å²) in [5, 5.41) is 17.3. The van der Waals surface area contributed by atoms with Crippen LogP contribution in [0.5, 0.6) is 0 Å². The van der Waals surface area contributed by atoms with Crippen LogP contribution in [0.3, 0.4) is 0 Å². The molecule has 2 atom stereocenters. The van der Waals surface area contributed by atoms with Crippen molar-refractivity contribution in [3.63, 3.8) is 0 Å². The van der Waals surface area contributed by atoms with Gasteiger partial charge in [0.15, 0.2) is 0 Å². The predicted molar refractivity (Wildman–Crippen MR) is 36.0 cm³/mol. The van der Waals surface area contributed by atoms with Crippen molar-refractivity contribution in [3.8, 4) is 0 Å². The first-order valence-electron chi connectivity index (χ1n) is 3.26. The van der Waals surface area contributed by atoms with E-state index in [0.717, 1.165) is 12.8 Å². The number of hydrogen-bond acceptors (Lipinski definition) is 3. The second kappa shape index (κ2) is 4.73. The van der Waals surface area contributed by atoms with Gasteiger partial charge in [-0.05, 0) is 6.42 Å². The lowest BCUT2D eigenvalue weighted by Crippen LogP contribution is -2.36. The van der Waals surface area contributed by atoms with Crippen molar-refractivity contribution in [1.82, 2.24) is 0 Å². The van der Waals surface area contributed by atoms with Crippen LogP contribution in [0.2, 0.25) is 0 Å². The van der Waals surface area contributed by atoms with Crippen LogP contribution in [0, 0.1) is 0 Å². The maximum Gasteiger partial charge on any atom is 0.0921 e. The van der Waals surface area contributed by atoms with Gasteiger partial charge in [0.05, 0.1) is 12.7 Å². The van der Waals surface area contributed by atoms with Crippen LogP contribution >= 0.6 is 0 Å². The van der Waals surface area contributed by atoms with Gasteiger partial charge < -0.3 is 15.9 Å². The highest BCUT2D eigenvalue weighted by atomic mass is 16.3. The quantitative estimate of drug-likeness (QED) is 0.483. The third-order valence-electron chi connectivity index (χ3n) is 1.30. The lowest BCUT2D eigenvalue weighted by atomic mass is 10.1. The fourth-order valence-corrected chi connectivity index (χ4v) is 0.661. The molecule has 0 saturated carbocycles. The van der Waals surface area contributed by atoms with Gasteiger partial charge in [-0.15, -0.1) is 0 Å². The second-order valence-corrected chi connectivity index (χ2v) is 2.20. The van der Waals surface area contributed by atoms with E-state index in [9.17, 15) is 0 Å². The lowest BCUT2D eigenvalue weighted by molar-refractivity contribution is 0.0716. The first kappa shape index (κ1) is 8.88. The van der Waals surface area contributed by atoms with Gasteiger partial charge in [0.1, 0.15) is 0 Å². The SMILES string of the molecule is CCC[C@@H](N)[C@@H](O)CO. The molecule has 0 aromatic carbocycles. The van der Waals surface area contributed by atoms with E-state index >= 15 is 0 Å². The molecule has 0 aliphatic rings. The van der Waals surface area contributed by atoms with Gasteiger partial charge in [0, 0.05) is 6.04 Å². The van der Waals surface area contributed by atoms with Gasteiger partial charge in [-0.1, -0.05) is 13.3 Å². The molecule has 4 N–H and O–H groups in total. The monoisotopic (exact) mass is 133 g/mol. The zero-order valence-corrected chi connectivity index (χ0v) is 5.75. The molecule has 0 bridgehead atoms. The molecule has 0 heterocycles. The molecular weight excluding hydrogens is 118 g/mol. The van der Waals surface area contributed by atoms with Crippen LogP contribution in [-0.4, -0.2) is 29.0 Å². The Morgan fingerprint density at radius 2 is 2.11 bits per heavy atom. The molecule has 0 radical (unpaired) electrons. The summed E-state index contributed by atoms with van der Waals surface area (Å²) in [5.74, 6) is 0. The smallest absolute Gasteiger partial charge is 0.0921 e. The van der Waals surface area contributed by atoms with Crippen molar-refractivity contribution in [2.75, 3.05) is 6.61 Å². The van der Waals surface area contributed by atoms with Gasteiger partial charge in [0.2, 0.25) is 0 Å². The van der Waals surface area contributed by atoms with Gasteiger partial charge >= 0.3 is 0 Å². The summed E-state index contributed by atoms with van der Waals surface area (Å²) in [7, 11) is 0. The summed E-state index contributed by atoms with van der Waals surface area (Å²) in [6, 6.07) is -0.264. The molecule has 9 heavy (non-hydrogen) atoms. The van der Waals surface area contributed by atoms with Crippen LogP contribution in [0.4, 0.5) is 0 Å². The highest BCUT2D eigenvalue weighted by molar-refractivity contribution is 4.69. The maximum atomic E-state index is 8.88. The lowest BCUT2D eigenvalue weighted by Gasteiger charge is -2.14. The van der Waals surface area contributed by atoms with Crippen molar-refractivity contribution in [3.05, 3.63) is 0 Å². The molecule has 0 unspecified atom stereocenters. The average Bonchev–Trinajstić information content (AvgIpc) is 1.87. The molecule has 3 nitrogen and oxygen atoms in total. The Balaban J connectivity index is 3.32. The number of aliphatic hydroxyl groups excluding tert-OH is 2. The predicted octanol–water partition coefficient (Wildman–Crippen LogP) is -0.533. The van der Waals surface area contributed by atoms with E-state index in [1.165, 1.54) is 0 Å². The molecule has 56 valence electrons. The van der Waals surface area contributed by atoms with Gasteiger partial charge in [0.25, 0.3) is 0 Å². The molecule has 0 aromatic heterocycles. The molecule has 0 rings (SSSR count). The number of aliphatic hydroxyl groups is 2. The highest BCUT2D eigenvalue weighted by Crippen LogP contribution is 1.97. The fraction of sp³-hybridized carbons (Fsp3) is 1.00. The van der Waals surface area contributed by atoms with Crippen molar-refractivity contribution in [1.29, 1.82) is 0 Å². The molecule has 3 heteroatoms. The van der Waals surface area contributed by atoms with Crippen molar-refractivity contribution in [2.45, 2.75) is 31.9 Å². The van der Waals surface area contributed by atoms with E-state index in [4.69, 9.17) is 15.9 Å². The minimum absolute atomic E-state index is 0.235. The maximum absolute atomic E-state index is 8.88. The summed E-state index contributed by atoms with van der Waals surface area (Å²) in [6.45, 7) is 1.76. The normalized spacial score (nSPS) is 17.3. The van der Waals surface area contributed by atoms with Crippen LogP contribution < -0.4 is 5.73 Å². The van der Waals surface area contributed by atoms with Crippen molar-refractivity contribution in [2.24, 2.45) is 5.73 Å². The number of nitrogens with two attached hydrogens (primary N) is 1. The molecule has 0 saturated heterocycles. The minimum atomic E-state index is -0.745. The van der Waals surface area contributed by atoms with E-state index in [1.54, 1.807) is 0 Å². The van der Waals surface area contributed by atoms with Crippen LogP contribution in [0.25, 0.3) is 0 Å². The van der Waals surface area contributed by atoms with Crippen LogP contribution in [-0.2, 0) is 0 Å². The van der Waals surface area contributed by atoms with E-state index in [1.807, 2.05) is 6.92 Å². The Kier molecular flexibility index (Phi) is 4.67. The Hall–Kier alpha value is -0.120. The zero-order valence-electron chi connectivity index (χ0n) is 5.75. The molecular formula is C6H15NO2. The second-order valence-electron chi connectivity index (χ2n) is 2.20. The van der Waals surface area contributed by atoms with E-state index in [2.05, 4.69) is 0 Å². The zero-order chi connectivity index (χ0) is 7.28. The largest absolute Gasteiger partial charge is 0.394 e. The summed E-state index contributed by atoms with van der Waals surface area (Å²) < 4.78 is 0. The Morgan fingerprint density at radius 3 is 2.44 bits per heavy atom. The van der Waals surface area contributed by atoms with Crippen molar-refractivity contribution < 1.29 is 10.2 Å². The van der Waals surface area contributed by atoms with Gasteiger partial charge in [-0.3, -0.25) is 0 Å². The summed E-state index contributed by atoms with van der Waals surface area (Å²) in [4.78, 5) is 0. The molecule has 0 spiro atoms. The molecule has 0 aromatic rings. The molecule has 0 aliphatic carbocycles. The summed E-state index contributed by atoms with van der Waals surface area (Å²) >= 11 is 0. The Bertz CT molecular complexity index is 68.1. The fourth-order valence-electron chi connectivity index (χ4n) is 0.661. The van der Waals surface area contributed by atoms with E-state index in [0.29, 0.717) is 0 Å². The third-order valence-corrected chi connectivity index (χ3v) is 1.30. The highest BCUT2D eigenvalue weighted by Gasteiger charge is 2.10. The molecule has 0 amide bonds. The third kappa shape index (κ3) is 3.46. The van der Waals surface area contributed by atoms with Gasteiger partial charge in [-0.2, -0.15) is 0 Å². The number of hydrogen-bond donors (Lipinski definition) is 3. The van der Waals surface area contributed by atoms with Crippen LogP contribution in [0.1, 0.15) is 19.8 Å². The molecule has 0 fully saturated rings. The first-order chi connectivity index (χ1) is 4.22. The minimum Gasteiger partial charge on any atom is -0.394 e. The Labute approximate surface area is 55.5 Å². The summed E-state index contributed by atoms with van der Waals surface area (Å²) in [6.07, 6.45) is 0.963. The average molecular weight is 133 g/mol. The van der Waals surface area contributed by atoms with E-state index < -0.39 is 6.10 Å². The molecule has 0 aliphatic heterocycles.